The maximum Gasteiger partial charge on any atom is 0.342 e. The van der Waals surface area contributed by atoms with Crippen LogP contribution >= 0.6 is 11.3 Å². The molecule has 0 aliphatic rings. The molecule has 7 nitrogen and oxygen atoms in total. The second-order valence-corrected chi connectivity index (χ2v) is 6.94. The monoisotopic (exact) mass is 392 g/mol. The number of carbonyl (C=O) groups excluding carboxylic acids is 1. The lowest BCUT2D eigenvalue weighted by molar-refractivity contribution is -0.620. The van der Waals surface area contributed by atoms with Crippen LogP contribution in [0.1, 0.15) is 21.7 Å². The van der Waals surface area contributed by atoms with Crippen LogP contribution in [-0.4, -0.2) is 20.7 Å². The van der Waals surface area contributed by atoms with Gasteiger partial charge in [0.2, 0.25) is 0 Å². The number of benzene rings is 1. The molecule has 8 heteroatoms. The fourth-order valence-electron chi connectivity index (χ4n) is 2.71. The van der Waals surface area contributed by atoms with E-state index in [1.54, 1.807) is 10.9 Å². The van der Waals surface area contributed by atoms with Crippen molar-refractivity contribution in [3.63, 3.8) is 0 Å². The molecule has 1 aromatic carbocycles. The van der Waals surface area contributed by atoms with E-state index in [-0.39, 0.29) is 12.4 Å². The Morgan fingerprint density at radius 3 is 2.79 bits per heavy atom. The van der Waals surface area contributed by atoms with Crippen molar-refractivity contribution in [1.82, 2.24) is 14.8 Å². The van der Waals surface area contributed by atoms with Gasteiger partial charge in [-0.15, -0.1) is 11.3 Å². The molecule has 0 saturated heterocycles. The van der Waals surface area contributed by atoms with Gasteiger partial charge >= 0.3 is 11.8 Å². The first-order valence-electron chi connectivity index (χ1n) is 8.56. The molecule has 0 N–H and O–H groups in total. The second kappa shape index (κ2) is 8.01. The summed E-state index contributed by atoms with van der Waals surface area (Å²) in [6.45, 7) is 0.324. The predicted molar refractivity (Wildman–Crippen MR) is 103 cm³/mol. The van der Waals surface area contributed by atoms with Crippen molar-refractivity contribution in [2.75, 3.05) is 0 Å². The summed E-state index contributed by atoms with van der Waals surface area (Å²) >= 11 is 1.49. The summed E-state index contributed by atoms with van der Waals surface area (Å²) in [5.41, 5.74) is 1.99. The zero-order valence-corrected chi connectivity index (χ0v) is 15.6. The highest BCUT2D eigenvalue weighted by atomic mass is 32.1. The van der Waals surface area contributed by atoms with Gasteiger partial charge in [-0.3, -0.25) is 4.68 Å². The summed E-state index contributed by atoms with van der Waals surface area (Å²) in [5.74, 6) is -0.432. The third kappa shape index (κ3) is 3.91. The Kier molecular flexibility index (Phi) is 5.11. The highest BCUT2D eigenvalue weighted by molar-refractivity contribution is 7.13. The molecule has 0 spiro atoms. The third-order valence-electron chi connectivity index (χ3n) is 4.04. The van der Waals surface area contributed by atoms with E-state index in [1.807, 2.05) is 47.8 Å². The molecular formula is C20H16N4O3S. The number of nitrogens with zero attached hydrogens (tertiary/aromatic N) is 4. The van der Waals surface area contributed by atoms with Crippen molar-refractivity contribution in [2.45, 2.75) is 13.2 Å². The molecule has 3 aromatic heterocycles. The number of thiophene rings is 1. The zero-order valence-electron chi connectivity index (χ0n) is 14.8. The molecule has 0 radical (unpaired) electrons. The number of rotatable bonds is 6. The van der Waals surface area contributed by atoms with Crippen molar-refractivity contribution in [3.8, 4) is 10.6 Å². The molecule has 0 aliphatic heterocycles. The van der Waals surface area contributed by atoms with Gasteiger partial charge in [0.25, 0.3) is 0 Å². The second-order valence-electron chi connectivity index (χ2n) is 5.99. The standard InChI is InChI=1S/C20H16N4O3S/c25-20(27-14-18-21-9-5-10-24(18)26)16-13-23(12-15-6-2-1-3-7-15)22-19(16)17-8-4-11-28-17/h1-11,13H,12,14H2. The number of aromatic nitrogens is 4. The van der Waals surface area contributed by atoms with Gasteiger partial charge < -0.3 is 9.94 Å². The normalized spacial score (nSPS) is 10.7. The van der Waals surface area contributed by atoms with Gasteiger partial charge in [-0.25, -0.2) is 9.52 Å². The fourth-order valence-corrected chi connectivity index (χ4v) is 3.44. The van der Waals surface area contributed by atoms with E-state index >= 15 is 0 Å². The van der Waals surface area contributed by atoms with E-state index < -0.39 is 5.97 Å². The minimum Gasteiger partial charge on any atom is -0.711 e. The molecular weight excluding hydrogens is 376 g/mol. The molecule has 0 unspecified atom stereocenters. The van der Waals surface area contributed by atoms with Crippen LogP contribution in [-0.2, 0) is 17.9 Å². The van der Waals surface area contributed by atoms with Crippen molar-refractivity contribution >= 4 is 17.3 Å². The van der Waals surface area contributed by atoms with Crippen LogP contribution in [0.5, 0.6) is 0 Å². The van der Waals surface area contributed by atoms with Gasteiger partial charge in [0.15, 0.2) is 6.61 Å². The molecule has 0 amide bonds. The maximum atomic E-state index is 12.7. The van der Waals surface area contributed by atoms with Gasteiger partial charge in [0.05, 0.1) is 17.6 Å². The van der Waals surface area contributed by atoms with Gasteiger partial charge in [0.1, 0.15) is 17.5 Å². The lowest BCUT2D eigenvalue weighted by Crippen LogP contribution is -2.33. The summed E-state index contributed by atoms with van der Waals surface area (Å²) in [6, 6.07) is 15.2. The van der Waals surface area contributed by atoms with E-state index in [4.69, 9.17) is 4.74 Å². The van der Waals surface area contributed by atoms with Crippen LogP contribution in [0.25, 0.3) is 10.6 Å². The molecule has 0 bridgehead atoms. The van der Waals surface area contributed by atoms with Crippen molar-refractivity contribution < 1.29 is 14.3 Å². The summed E-state index contributed by atoms with van der Waals surface area (Å²) in [4.78, 5) is 17.5. The number of hydrogen-bond donors (Lipinski definition) is 0. The van der Waals surface area contributed by atoms with Gasteiger partial charge in [-0.2, -0.15) is 5.10 Å². The highest BCUT2D eigenvalue weighted by Crippen LogP contribution is 2.27. The van der Waals surface area contributed by atoms with E-state index in [9.17, 15) is 10.0 Å². The predicted octanol–water partition coefficient (Wildman–Crippen LogP) is 3.05. The minimum atomic E-state index is -0.548. The SMILES string of the molecule is O=C(OCc1nccc[n+]1[O-])c1cn(Cc2ccccc2)nc1-c1cccs1. The van der Waals surface area contributed by atoms with E-state index in [1.165, 1.54) is 29.8 Å². The molecule has 140 valence electrons. The van der Waals surface area contributed by atoms with E-state index in [0.717, 1.165) is 10.4 Å². The van der Waals surface area contributed by atoms with E-state index in [2.05, 4.69) is 10.1 Å². The summed E-state index contributed by atoms with van der Waals surface area (Å²) in [7, 11) is 0. The number of ether oxygens (including phenoxy) is 1. The van der Waals surface area contributed by atoms with Crippen LogP contribution in [0.2, 0.25) is 0 Å². The van der Waals surface area contributed by atoms with Crippen LogP contribution in [0.15, 0.2) is 72.5 Å². The summed E-state index contributed by atoms with van der Waals surface area (Å²) in [6.07, 6.45) is 4.46. The average molecular weight is 392 g/mol. The zero-order chi connectivity index (χ0) is 19.3. The summed E-state index contributed by atoms with van der Waals surface area (Å²) in [5, 5.41) is 18.2. The molecule has 3 heterocycles. The smallest absolute Gasteiger partial charge is 0.342 e. The Labute approximate surface area is 165 Å². The van der Waals surface area contributed by atoms with Gasteiger partial charge in [-0.1, -0.05) is 36.4 Å². The largest absolute Gasteiger partial charge is 0.711 e. The first kappa shape index (κ1) is 17.9. The quantitative estimate of drug-likeness (QED) is 0.286. The van der Waals surface area contributed by atoms with Crippen LogP contribution in [0.4, 0.5) is 0 Å². The number of esters is 1. The number of hydrogen-bond acceptors (Lipinski definition) is 6. The van der Waals surface area contributed by atoms with Crippen molar-refractivity contribution in [1.29, 1.82) is 0 Å². The fraction of sp³-hybridized carbons (Fsp3) is 0.100. The molecule has 0 atom stereocenters. The molecule has 4 aromatic rings. The lowest BCUT2D eigenvalue weighted by Gasteiger charge is -2.05. The first-order valence-corrected chi connectivity index (χ1v) is 9.44. The minimum absolute atomic E-state index is 0.116. The van der Waals surface area contributed by atoms with Gasteiger partial charge in [-0.05, 0) is 22.0 Å². The molecule has 0 saturated carbocycles. The van der Waals surface area contributed by atoms with E-state index in [0.29, 0.717) is 22.5 Å². The maximum absolute atomic E-state index is 12.7. The first-order chi connectivity index (χ1) is 13.7. The Hall–Kier alpha value is -3.52. The van der Waals surface area contributed by atoms with Crippen molar-refractivity contribution in [2.24, 2.45) is 0 Å². The van der Waals surface area contributed by atoms with Crippen molar-refractivity contribution in [3.05, 3.63) is 94.7 Å². The Balaban J connectivity index is 1.59. The molecule has 4 rings (SSSR count). The summed E-state index contributed by atoms with van der Waals surface area (Å²) < 4.78 is 7.62. The third-order valence-corrected chi connectivity index (χ3v) is 4.92. The molecule has 28 heavy (non-hydrogen) atoms. The van der Waals surface area contributed by atoms with Crippen LogP contribution < -0.4 is 4.73 Å². The van der Waals surface area contributed by atoms with Gasteiger partial charge in [0, 0.05) is 12.3 Å². The highest BCUT2D eigenvalue weighted by Gasteiger charge is 2.21. The molecule has 0 aliphatic carbocycles. The Morgan fingerprint density at radius 1 is 1.18 bits per heavy atom. The lowest BCUT2D eigenvalue weighted by atomic mass is 10.2. The Bertz CT molecular complexity index is 1080. The average Bonchev–Trinajstić information content (AvgIpc) is 3.38. The topological polar surface area (TPSA) is 84.0 Å². The Morgan fingerprint density at radius 2 is 2.04 bits per heavy atom. The van der Waals surface area contributed by atoms with Crippen LogP contribution in [0.3, 0.4) is 0 Å². The van der Waals surface area contributed by atoms with Crippen LogP contribution in [0, 0.1) is 5.21 Å². The molecule has 0 fully saturated rings. The number of carbonyl (C=O) groups is 1.